The van der Waals surface area contributed by atoms with Crippen LogP contribution in [0.15, 0.2) is 9.42 Å². The number of anilines is 1. The highest BCUT2D eigenvalue weighted by Crippen LogP contribution is 2.29. The molecule has 2 heterocycles. The lowest BCUT2D eigenvalue weighted by molar-refractivity contribution is -0.149. The second-order valence-electron chi connectivity index (χ2n) is 4.91. The molecule has 0 unspecified atom stereocenters. The van der Waals surface area contributed by atoms with Gasteiger partial charge >= 0.3 is 5.97 Å². The molecular formula is C12H19N3O5S. The first-order valence-corrected chi connectivity index (χ1v) is 8.20. The molecule has 9 heteroatoms. The van der Waals surface area contributed by atoms with Gasteiger partial charge in [-0.25, -0.2) is 8.42 Å². The first-order valence-electron chi connectivity index (χ1n) is 6.76. The number of carbonyl (C=O) groups is 1. The Labute approximate surface area is 123 Å². The monoisotopic (exact) mass is 317 g/mol. The maximum atomic E-state index is 12.6. The Kier molecular flexibility index (Phi) is 4.52. The van der Waals surface area contributed by atoms with E-state index in [4.69, 9.17) is 15.0 Å². The van der Waals surface area contributed by atoms with Crippen LogP contribution in [0.25, 0.3) is 0 Å². The molecule has 1 aromatic rings. The third-order valence-corrected chi connectivity index (χ3v) is 5.46. The molecule has 0 bridgehead atoms. The number of nitrogen functional groups attached to an aromatic ring is 1. The minimum atomic E-state index is -3.82. The van der Waals surface area contributed by atoms with Gasteiger partial charge in [-0.15, -0.1) is 0 Å². The summed E-state index contributed by atoms with van der Waals surface area (Å²) in [5.41, 5.74) is 5.57. The predicted molar refractivity (Wildman–Crippen MR) is 73.8 cm³/mol. The van der Waals surface area contributed by atoms with Gasteiger partial charge in [0.05, 0.1) is 12.5 Å². The van der Waals surface area contributed by atoms with E-state index in [-0.39, 0.29) is 35.6 Å². The lowest BCUT2D eigenvalue weighted by Crippen LogP contribution is -2.43. The minimum absolute atomic E-state index is 0.0885. The standard InChI is InChI=1S/C12H19N3O5S/c1-3-19-12(16)9-5-4-6-15(7-9)21(17,18)10-8(2)20-14-11(10)13/h9H,3-7H2,1-2H3,(H2,13,14)/t9-/m1/s1. The molecule has 21 heavy (non-hydrogen) atoms. The SMILES string of the molecule is CCOC(=O)[C@@H]1CCCN(S(=O)(=O)c2c(N)noc2C)C1. The van der Waals surface area contributed by atoms with Gasteiger partial charge in [-0.1, -0.05) is 5.16 Å². The van der Waals surface area contributed by atoms with Gasteiger partial charge in [-0.3, -0.25) is 4.79 Å². The van der Waals surface area contributed by atoms with E-state index in [9.17, 15) is 13.2 Å². The normalized spacial score (nSPS) is 20.4. The first-order chi connectivity index (χ1) is 9.87. The molecule has 0 aromatic carbocycles. The van der Waals surface area contributed by atoms with Crippen LogP contribution in [0.3, 0.4) is 0 Å². The smallest absolute Gasteiger partial charge is 0.310 e. The average molecular weight is 317 g/mol. The van der Waals surface area contributed by atoms with Crippen LogP contribution >= 0.6 is 0 Å². The number of piperidine rings is 1. The third-order valence-electron chi connectivity index (χ3n) is 3.44. The number of ether oxygens (including phenoxy) is 1. The summed E-state index contributed by atoms with van der Waals surface area (Å²) in [7, 11) is -3.82. The molecule has 1 aliphatic rings. The highest BCUT2D eigenvalue weighted by Gasteiger charge is 2.37. The number of carbonyl (C=O) groups excluding carboxylic acids is 1. The summed E-state index contributed by atoms with van der Waals surface area (Å²) >= 11 is 0. The summed E-state index contributed by atoms with van der Waals surface area (Å²) in [6.45, 7) is 3.91. The maximum Gasteiger partial charge on any atom is 0.310 e. The van der Waals surface area contributed by atoms with Crippen LogP contribution in [-0.2, 0) is 19.6 Å². The number of rotatable bonds is 4. The number of nitrogens with two attached hydrogens (primary N) is 1. The van der Waals surface area contributed by atoms with Crippen molar-refractivity contribution in [2.24, 2.45) is 5.92 Å². The number of nitrogens with zero attached hydrogens (tertiary/aromatic N) is 2. The Morgan fingerprint density at radius 3 is 2.86 bits per heavy atom. The summed E-state index contributed by atoms with van der Waals surface area (Å²) < 4.78 is 36.2. The number of hydrogen-bond donors (Lipinski definition) is 1. The molecule has 1 aromatic heterocycles. The summed E-state index contributed by atoms with van der Waals surface area (Å²) in [6, 6.07) is 0. The van der Waals surface area contributed by atoms with Crippen molar-refractivity contribution in [2.45, 2.75) is 31.6 Å². The van der Waals surface area contributed by atoms with Crippen LogP contribution in [0, 0.1) is 12.8 Å². The summed E-state index contributed by atoms with van der Waals surface area (Å²) in [4.78, 5) is 11.7. The van der Waals surface area contributed by atoms with Gasteiger partial charge in [0, 0.05) is 13.1 Å². The number of esters is 1. The Hall–Kier alpha value is -1.61. The van der Waals surface area contributed by atoms with E-state index in [1.165, 1.54) is 11.2 Å². The molecule has 0 saturated carbocycles. The van der Waals surface area contributed by atoms with Crippen molar-refractivity contribution in [3.05, 3.63) is 5.76 Å². The lowest BCUT2D eigenvalue weighted by Gasteiger charge is -2.30. The van der Waals surface area contributed by atoms with Crippen molar-refractivity contribution in [1.82, 2.24) is 9.46 Å². The summed E-state index contributed by atoms with van der Waals surface area (Å²) in [6.07, 6.45) is 1.20. The molecule has 2 rings (SSSR count). The van der Waals surface area contributed by atoms with Gasteiger partial charge in [-0.2, -0.15) is 4.31 Å². The Balaban J connectivity index is 2.23. The first kappa shape index (κ1) is 15.8. The second-order valence-corrected chi connectivity index (χ2v) is 6.78. The van der Waals surface area contributed by atoms with E-state index >= 15 is 0 Å². The predicted octanol–water partition coefficient (Wildman–Crippen LogP) is 0.529. The average Bonchev–Trinajstić information content (AvgIpc) is 2.79. The van der Waals surface area contributed by atoms with E-state index in [1.807, 2.05) is 0 Å². The molecule has 1 saturated heterocycles. The number of hydrogen-bond acceptors (Lipinski definition) is 7. The molecule has 0 radical (unpaired) electrons. The van der Waals surface area contributed by atoms with Crippen LogP contribution in [0.4, 0.5) is 5.82 Å². The Morgan fingerprint density at radius 2 is 2.29 bits per heavy atom. The maximum absolute atomic E-state index is 12.6. The van der Waals surface area contributed by atoms with Crippen molar-refractivity contribution in [3.63, 3.8) is 0 Å². The van der Waals surface area contributed by atoms with Gasteiger partial charge in [0.2, 0.25) is 10.0 Å². The van der Waals surface area contributed by atoms with Crippen molar-refractivity contribution in [2.75, 3.05) is 25.4 Å². The van der Waals surface area contributed by atoms with Gasteiger partial charge in [0.1, 0.15) is 0 Å². The Morgan fingerprint density at radius 1 is 1.57 bits per heavy atom. The van der Waals surface area contributed by atoms with Gasteiger partial charge in [0.15, 0.2) is 16.5 Å². The molecule has 118 valence electrons. The zero-order valence-electron chi connectivity index (χ0n) is 12.0. The van der Waals surface area contributed by atoms with Crippen molar-refractivity contribution < 1.29 is 22.5 Å². The molecule has 0 spiro atoms. The molecule has 1 aliphatic heterocycles. The third kappa shape index (κ3) is 3.03. The van der Waals surface area contributed by atoms with Crippen LogP contribution in [0.5, 0.6) is 0 Å². The summed E-state index contributed by atoms with van der Waals surface area (Å²) in [5.74, 6) is -0.834. The number of aryl methyl sites for hydroxylation is 1. The molecule has 0 aliphatic carbocycles. The fourth-order valence-corrected chi connectivity index (χ4v) is 4.14. The zero-order valence-corrected chi connectivity index (χ0v) is 12.9. The highest BCUT2D eigenvalue weighted by molar-refractivity contribution is 7.89. The van der Waals surface area contributed by atoms with Crippen LogP contribution in [0.1, 0.15) is 25.5 Å². The van der Waals surface area contributed by atoms with E-state index < -0.39 is 15.9 Å². The molecule has 1 fully saturated rings. The fraction of sp³-hybridized carbons (Fsp3) is 0.667. The zero-order chi connectivity index (χ0) is 15.6. The second kappa shape index (κ2) is 6.02. The largest absolute Gasteiger partial charge is 0.466 e. The van der Waals surface area contributed by atoms with E-state index in [2.05, 4.69) is 5.16 Å². The highest BCUT2D eigenvalue weighted by atomic mass is 32.2. The van der Waals surface area contributed by atoms with Gasteiger partial charge in [-0.05, 0) is 26.7 Å². The summed E-state index contributed by atoms with van der Waals surface area (Å²) in [5, 5.41) is 3.47. The molecule has 8 nitrogen and oxygen atoms in total. The van der Waals surface area contributed by atoms with Crippen LogP contribution in [-0.4, -0.2) is 43.5 Å². The van der Waals surface area contributed by atoms with E-state index in [0.717, 1.165) is 0 Å². The topological polar surface area (TPSA) is 116 Å². The van der Waals surface area contributed by atoms with Crippen molar-refractivity contribution >= 4 is 21.8 Å². The Bertz CT molecular complexity index is 605. The van der Waals surface area contributed by atoms with Gasteiger partial charge in [0.25, 0.3) is 0 Å². The van der Waals surface area contributed by atoms with E-state index in [1.54, 1.807) is 6.92 Å². The molecule has 0 amide bonds. The van der Waals surface area contributed by atoms with Gasteiger partial charge < -0.3 is 15.0 Å². The van der Waals surface area contributed by atoms with Crippen molar-refractivity contribution in [3.8, 4) is 0 Å². The van der Waals surface area contributed by atoms with Crippen LogP contribution < -0.4 is 5.73 Å². The van der Waals surface area contributed by atoms with Crippen molar-refractivity contribution in [1.29, 1.82) is 0 Å². The molecule has 2 N–H and O–H groups in total. The minimum Gasteiger partial charge on any atom is -0.466 e. The lowest BCUT2D eigenvalue weighted by atomic mass is 10.0. The quantitative estimate of drug-likeness (QED) is 0.805. The fourth-order valence-electron chi connectivity index (χ4n) is 2.44. The molecule has 1 atom stereocenters. The van der Waals surface area contributed by atoms with Crippen LogP contribution in [0.2, 0.25) is 0 Å². The number of aromatic nitrogens is 1. The molecular weight excluding hydrogens is 298 g/mol. The number of sulfonamides is 1. The van der Waals surface area contributed by atoms with E-state index in [0.29, 0.717) is 19.4 Å².